The van der Waals surface area contributed by atoms with Crippen molar-refractivity contribution in [1.82, 2.24) is 0 Å². The normalized spacial score (nSPS) is 13.2. The fraction of sp³-hybridized carbons (Fsp3) is 0.286. The third kappa shape index (κ3) is 3.98. The van der Waals surface area contributed by atoms with Gasteiger partial charge in [-0.2, -0.15) is 0 Å². The molecule has 2 N–H and O–H groups in total. The first-order chi connectivity index (χ1) is 9.35. The van der Waals surface area contributed by atoms with Crippen molar-refractivity contribution in [2.24, 2.45) is 5.73 Å². The van der Waals surface area contributed by atoms with Crippen LogP contribution in [0.3, 0.4) is 0 Å². The molecular weight excluding hydrogens is 287 g/mol. The summed E-state index contributed by atoms with van der Waals surface area (Å²) >= 11 is 1.59. The Morgan fingerprint density at radius 1 is 1.20 bits per heavy atom. The van der Waals surface area contributed by atoms with Crippen LogP contribution in [0.5, 0.6) is 5.75 Å². The Morgan fingerprint density at radius 2 is 1.85 bits per heavy atom. The first-order valence-corrected chi connectivity index (χ1v) is 6.87. The van der Waals surface area contributed by atoms with Gasteiger partial charge in [-0.1, -0.05) is 12.1 Å². The lowest BCUT2D eigenvalue weighted by atomic mass is 10.0. The average molecular weight is 301 g/mol. The molecule has 0 radical (unpaired) electrons. The highest BCUT2D eigenvalue weighted by Gasteiger charge is 2.30. The van der Waals surface area contributed by atoms with E-state index in [-0.39, 0.29) is 11.8 Å². The van der Waals surface area contributed by atoms with E-state index in [2.05, 4.69) is 4.74 Å². The maximum absolute atomic E-state index is 12.0. The highest BCUT2D eigenvalue weighted by Crippen LogP contribution is 2.27. The van der Waals surface area contributed by atoms with Gasteiger partial charge in [-0.3, -0.25) is 0 Å². The van der Waals surface area contributed by atoms with Crippen molar-refractivity contribution >= 4 is 11.3 Å². The number of halogens is 3. The second-order valence-corrected chi connectivity index (χ2v) is 5.42. The first kappa shape index (κ1) is 14.9. The van der Waals surface area contributed by atoms with Crippen molar-refractivity contribution in [3.05, 3.63) is 51.7 Å². The van der Waals surface area contributed by atoms with Crippen LogP contribution in [0.15, 0.2) is 35.7 Å². The van der Waals surface area contributed by atoms with Gasteiger partial charge in [-0.25, -0.2) is 0 Å². The zero-order chi connectivity index (χ0) is 14.8. The van der Waals surface area contributed by atoms with Gasteiger partial charge in [0.1, 0.15) is 5.75 Å². The molecule has 1 aromatic heterocycles. The van der Waals surface area contributed by atoms with E-state index in [9.17, 15) is 13.2 Å². The number of nitrogens with two attached hydrogens (primary N) is 1. The summed E-state index contributed by atoms with van der Waals surface area (Å²) in [5, 5.41) is 1.98. The van der Waals surface area contributed by atoms with E-state index in [0.29, 0.717) is 6.42 Å². The minimum atomic E-state index is -4.66. The molecule has 0 aliphatic heterocycles. The molecule has 0 aliphatic carbocycles. The fourth-order valence-electron chi connectivity index (χ4n) is 1.94. The lowest BCUT2D eigenvalue weighted by Gasteiger charge is -2.12. The van der Waals surface area contributed by atoms with Crippen molar-refractivity contribution in [2.75, 3.05) is 0 Å². The summed E-state index contributed by atoms with van der Waals surface area (Å²) in [5.74, 6) is -0.220. The summed E-state index contributed by atoms with van der Waals surface area (Å²) < 4.78 is 39.9. The number of aryl methyl sites for hydroxylation is 1. The Balaban J connectivity index is 2.02. The van der Waals surface area contributed by atoms with Gasteiger partial charge in [0.15, 0.2) is 0 Å². The van der Waals surface area contributed by atoms with Crippen molar-refractivity contribution in [1.29, 1.82) is 0 Å². The minimum Gasteiger partial charge on any atom is -0.406 e. The number of thiophene rings is 1. The molecule has 0 saturated carbocycles. The summed E-state index contributed by atoms with van der Waals surface area (Å²) in [5.41, 5.74) is 8.12. The molecular formula is C14H14F3NOS. The monoisotopic (exact) mass is 301 g/mol. The Bertz CT molecular complexity index is 563. The number of hydrogen-bond acceptors (Lipinski definition) is 3. The van der Waals surface area contributed by atoms with Crippen molar-refractivity contribution in [3.63, 3.8) is 0 Å². The second kappa shape index (κ2) is 5.85. The standard InChI is InChI=1S/C14H14F3NOS/c1-9-6-7-20-13(9)12(18)8-10-2-4-11(5-3-10)19-14(15,16)17/h2-7,12H,8,18H2,1H3. The summed E-state index contributed by atoms with van der Waals surface area (Å²) in [6.07, 6.45) is -4.08. The largest absolute Gasteiger partial charge is 0.573 e. The molecule has 0 aliphatic rings. The van der Waals surface area contributed by atoms with Gasteiger partial charge in [-0.15, -0.1) is 24.5 Å². The van der Waals surface area contributed by atoms with E-state index < -0.39 is 6.36 Å². The van der Waals surface area contributed by atoms with E-state index in [0.717, 1.165) is 16.0 Å². The zero-order valence-corrected chi connectivity index (χ0v) is 11.6. The summed E-state index contributed by atoms with van der Waals surface area (Å²) in [6.45, 7) is 1.99. The molecule has 1 atom stereocenters. The SMILES string of the molecule is Cc1ccsc1C(N)Cc1ccc(OC(F)(F)F)cc1. The topological polar surface area (TPSA) is 35.2 Å². The molecule has 0 amide bonds. The summed E-state index contributed by atoms with van der Waals surface area (Å²) in [6, 6.07) is 7.66. The fourth-order valence-corrected chi connectivity index (χ4v) is 2.87. The number of benzene rings is 1. The first-order valence-electron chi connectivity index (χ1n) is 5.99. The summed E-state index contributed by atoms with van der Waals surface area (Å²) in [4.78, 5) is 1.10. The van der Waals surface area contributed by atoms with Crippen molar-refractivity contribution < 1.29 is 17.9 Å². The predicted molar refractivity (Wildman–Crippen MR) is 72.8 cm³/mol. The second-order valence-electron chi connectivity index (χ2n) is 4.47. The number of rotatable bonds is 4. The smallest absolute Gasteiger partial charge is 0.406 e. The number of alkyl halides is 3. The van der Waals surface area contributed by atoms with Gasteiger partial charge in [0.05, 0.1) is 0 Å². The van der Waals surface area contributed by atoms with Crippen LogP contribution < -0.4 is 10.5 Å². The third-order valence-corrected chi connectivity index (χ3v) is 4.00. The number of hydrogen-bond donors (Lipinski definition) is 1. The van der Waals surface area contributed by atoms with Gasteiger partial charge in [0, 0.05) is 10.9 Å². The molecule has 2 nitrogen and oxygen atoms in total. The Labute approximate surface area is 119 Å². The van der Waals surface area contributed by atoms with Gasteiger partial charge < -0.3 is 10.5 Å². The molecule has 0 spiro atoms. The molecule has 20 heavy (non-hydrogen) atoms. The Kier molecular flexibility index (Phi) is 4.35. The zero-order valence-electron chi connectivity index (χ0n) is 10.8. The summed E-state index contributed by atoms with van der Waals surface area (Å²) in [7, 11) is 0. The maximum Gasteiger partial charge on any atom is 0.573 e. The highest BCUT2D eigenvalue weighted by molar-refractivity contribution is 7.10. The van der Waals surface area contributed by atoms with Crippen LogP contribution in [-0.4, -0.2) is 6.36 Å². The van der Waals surface area contributed by atoms with Gasteiger partial charge >= 0.3 is 6.36 Å². The van der Waals surface area contributed by atoms with Crippen LogP contribution in [0, 0.1) is 6.92 Å². The number of ether oxygens (including phenoxy) is 1. The quantitative estimate of drug-likeness (QED) is 0.918. The van der Waals surface area contributed by atoms with Crippen LogP contribution in [-0.2, 0) is 6.42 Å². The van der Waals surface area contributed by atoms with Crippen LogP contribution in [0.1, 0.15) is 22.0 Å². The van der Waals surface area contributed by atoms with Gasteiger partial charge in [0.2, 0.25) is 0 Å². The van der Waals surface area contributed by atoms with Crippen molar-refractivity contribution in [3.8, 4) is 5.75 Å². The molecule has 1 unspecified atom stereocenters. The average Bonchev–Trinajstić information content (AvgIpc) is 2.76. The van der Waals surface area contributed by atoms with Crippen LogP contribution in [0.2, 0.25) is 0 Å². The molecule has 0 bridgehead atoms. The Hall–Kier alpha value is -1.53. The van der Waals surface area contributed by atoms with Crippen molar-refractivity contribution in [2.45, 2.75) is 25.7 Å². The minimum absolute atomic E-state index is 0.149. The maximum atomic E-state index is 12.0. The highest BCUT2D eigenvalue weighted by atomic mass is 32.1. The molecule has 6 heteroatoms. The molecule has 0 saturated heterocycles. The predicted octanol–water partition coefficient (Wildman–Crippen LogP) is 4.20. The van der Waals surface area contributed by atoms with E-state index in [1.54, 1.807) is 23.5 Å². The molecule has 1 aromatic carbocycles. The third-order valence-electron chi connectivity index (χ3n) is 2.85. The molecule has 0 fully saturated rings. The van der Waals surface area contributed by atoms with Crippen LogP contribution in [0.25, 0.3) is 0 Å². The van der Waals surface area contributed by atoms with Gasteiger partial charge in [-0.05, 0) is 48.1 Å². The van der Waals surface area contributed by atoms with Gasteiger partial charge in [0.25, 0.3) is 0 Å². The van der Waals surface area contributed by atoms with E-state index in [1.165, 1.54) is 12.1 Å². The van der Waals surface area contributed by atoms with E-state index in [1.807, 2.05) is 18.4 Å². The van der Waals surface area contributed by atoms with E-state index in [4.69, 9.17) is 5.73 Å². The Morgan fingerprint density at radius 3 is 2.35 bits per heavy atom. The lowest BCUT2D eigenvalue weighted by Crippen LogP contribution is -2.17. The van der Waals surface area contributed by atoms with E-state index >= 15 is 0 Å². The molecule has 2 aromatic rings. The lowest BCUT2D eigenvalue weighted by molar-refractivity contribution is -0.274. The molecule has 108 valence electrons. The molecule has 1 heterocycles. The molecule has 2 rings (SSSR count). The van der Waals surface area contributed by atoms with Crippen LogP contribution >= 0.6 is 11.3 Å². The van der Waals surface area contributed by atoms with Crippen LogP contribution in [0.4, 0.5) is 13.2 Å².